The smallest absolute Gasteiger partial charge is 0.376 e. The summed E-state index contributed by atoms with van der Waals surface area (Å²) in [4.78, 5) is 9.72. The zero-order valence-corrected chi connectivity index (χ0v) is 22.3. The number of hydrogen-bond donors (Lipinski definition) is 1. The Balaban J connectivity index is 2.01. The van der Waals surface area contributed by atoms with Gasteiger partial charge < -0.3 is 14.1 Å². The van der Waals surface area contributed by atoms with E-state index in [1.54, 1.807) is 5.57 Å². The van der Waals surface area contributed by atoms with E-state index in [4.69, 9.17) is 13.8 Å². The Labute approximate surface area is 197 Å². The third kappa shape index (κ3) is 17.3. The molecule has 1 atom stereocenters. The van der Waals surface area contributed by atoms with Gasteiger partial charge in [0.2, 0.25) is 0 Å². The van der Waals surface area contributed by atoms with E-state index in [9.17, 15) is 9.46 Å². The van der Waals surface area contributed by atoms with Gasteiger partial charge in [0.1, 0.15) is 13.2 Å². The van der Waals surface area contributed by atoms with Crippen LogP contribution in [-0.2, 0) is 18.3 Å². The van der Waals surface area contributed by atoms with Crippen LogP contribution in [0, 0.1) is 0 Å². The van der Waals surface area contributed by atoms with Gasteiger partial charge in [-0.2, -0.15) is 0 Å². The lowest BCUT2D eigenvalue weighted by Crippen LogP contribution is -2.37. The molecule has 0 heterocycles. The van der Waals surface area contributed by atoms with Crippen LogP contribution in [0.25, 0.3) is 0 Å². The average molecular weight is 477 g/mol. The normalized spacial score (nSPS) is 19.2. The fourth-order valence-electron chi connectivity index (χ4n) is 3.93. The van der Waals surface area contributed by atoms with Gasteiger partial charge >= 0.3 is 7.82 Å². The molecule has 0 radical (unpaired) electrons. The molecule has 1 N–H and O–H groups in total. The molecule has 0 aliphatic heterocycles. The number of unbranched alkanes of at least 4 members (excludes halogenated alkanes) is 9. The van der Waals surface area contributed by atoms with E-state index in [1.807, 2.05) is 21.1 Å². The number of nitrogens with zero attached hydrogens (tertiary/aromatic N) is 1. The Morgan fingerprint density at radius 1 is 0.906 bits per heavy atom. The molecule has 7 heteroatoms. The topological polar surface area (TPSA) is 65.0 Å². The molecule has 6 nitrogen and oxygen atoms in total. The second-order valence-electron chi connectivity index (χ2n) is 10.2. The summed E-state index contributed by atoms with van der Waals surface area (Å²) in [5.74, 6) is 0. The van der Waals surface area contributed by atoms with E-state index in [-0.39, 0.29) is 19.3 Å². The van der Waals surface area contributed by atoms with Crippen molar-refractivity contribution in [2.45, 2.75) is 103 Å². The molecule has 190 valence electrons. The molecule has 1 fully saturated rings. The van der Waals surface area contributed by atoms with Crippen LogP contribution in [0.3, 0.4) is 0 Å². The van der Waals surface area contributed by atoms with Crippen molar-refractivity contribution in [3.63, 3.8) is 0 Å². The average Bonchev–Trinajstić information content (AvgIpc) is 2.72. The van der Waals surface area contributed by atoms with Crippen LogP contribution < -0.4 is 0 Å². The molecular formula is C25H51NO5P+. The van der Waals surface area contributed by atoms with E-state index < -0.39 is 7.82 Å². The Kier molecular flexibility index (Phi) is 16.1. The van der Waals surface area contributed by atoms with Crippen LogP contribution in [0.4, 0.5) is 0 Å². The third-order valence-corrected chi connectivity index (χ3v) is 7.04. The summed E-state index contributed by atoms with van der Waals surface area (Å²) in [6, 6.07) is 0. The molecule has 0 saturated heterocycles. The highest BCUT2D eigenvalue weighted by Gasteiger charge is 2.23. The molecule has 0 aromatic heterocycles. The second kappa shape index (κ2) is 17.2. The van der Waals surface area contributed by atoms with Crippen molar-refractivity contribution in [1.29, 1.82) is 0 Å². The van der Waals surface area contributed by atoms with Gasteiger partial charge in [-0.15, -0.1) is 0 Å². The molecule has 1 rings (SSSR count). The molecule has 0 amide bonds. The van der Waals surface area contributed by atoms with Gasteiger partial charge in [-0.3, -0.25) is 9.05 Å². The lowest BCUT2D eigenvalue weighted by atomic mass is 9.91. The number of quaternary nitrogens is 1. The summed E-state index contributed by atoms with van der Waals surface area (Å²) in [5, 5.41) is 0. The van der Waals surface area contributed by atoms with Crippen LogP contribution in [0.5, 0.6) is 0 Å². The van der Waals surface area contributed by atoms with Crippen molar-refractivity contribution in [1.82, 2.24) is 0 Å². The number of likely N-dealkylation sites (N-methyl/N-ethyl adjacent to an activating group) is 1. The van der Waals surface area contributed by atoms with Gasteiger partial charge in [-0.25, -0.2) is 4.57 Å². The lowest BCUT2D eigenvalue weighted by molar-refractivity contribution is -0.870. The van der Waals surface area contributed by atoms with Crippen molar-refractivity contribution in [2.24, 2.45) is 0 Å². The van der Waals surface area contributed by atoms with Crippen LogP contribution in [0.1, 0.15) is 96.8 Å². The van der Waals surface area contributed by atoms with Crippen LogP contribution in [-0.4, -0.2) is 63.0 Å². The van der Waals surface area contributed by atoms with Gasteiger partial charge in [0.15, 0.2) is 0 Å². The summed E-state index contributed by atoms with van der Waals surface area (Å²) >= 11 is 0. The van der Waals surface area contributed by atoms with Gasteiger partial charge in [-0.05, 0) is 38.5 Å². The summed E-state index contributed by atoms with van der Waals surface area (Å²) in [5.41, 5.74) is 1.58. The van der Waals surface area contributed by atoms with Crippen LogP contribution in [0.15, 0.2) is 11.6 Å². The minimum atomic E-state index is -3.99. The minimum absolute atomic E-state index is 0.0793. The van der Waals surface area contributed by atoms with Crippen molar-refractivity contribution in [3.05, 3.63) is 11.6 Å². The number of phosphoric ester groups is 1. The van der Waals surface area contributed by atoms with E-state index >= 15 is 0 Å². The first kappa shape index (κ1) is 29.8. The highest BCUT2D eigenvalue weighted by molar-refractivity contribution is 7.47. The number of allylic oxidation sites excluding steroid dienone is 2. The second-order valence-corrected chi connectivity index (χ2v) is 11.7. The number of rotatable bonds is 19. The van der Waals surface area contributed by atoms with Crippen molar-refractivity contribution < 1.29 is 27.7 Å². The maximum absolute atomic E-state index is 11.9. The van der Waals surface area contributed by atoms with Crippen LogP contribution in [0.2, 0.25) is 0 Å². The molecule has 1 unspecified atom stereocenters. The monoisotopic (exact) mass is 476 g/mol. The Morgan fingerprint density at radius 2 is 1.47 bits per heavy atom. The molecule has 1 aliphatic rings. The summed E-state index contributed by atoms with van der Waals surface area (Å²) in [7, 11) is 2.02. The predicted molar refractivity (Wildman–Crippen MR) is 133 cm³/mol. The molecule has 0 spiro atoms. The molecular weight excluding hydrogens is 425 g/mol. The standard InChI is InChI=1S/C25H50NO5P/c1-5-6-7-8-9-10-11-12-13-14-15-24-16-18-25(19-17-24)29-22-23-31-32(27,28)30-21-20-26(2,3)4/h15,25H,5-14,16-23H2,1-4H3/p+1. The molecule has 1 saturated carbocycles. The van der Waals surface area contributed by atoms with Crippen LogP contribution >= 0.6 is 7.82 Å². The van der Waals surface area contributed by atoms with E-state index in [0.29, 0.717) is 17.6 Å². The highest BCUT2D eigenvalue weighted by Crippen LogP contribution is 2.42. The summed E-state index contributed by atoms with van der Waals surface area (Å²) in [6.07, 6.45) is 20.6. The summed E-state index contributed by atoms with van der Waals surface area (Å²) in [6.45, 7) is 3.50. The maximum atomic E-state index is 11.9. The highest BCUT2D eigenvalue weighted by atomic mass is 31.2. The Bertz CT molecular complexity index is 537. The van der Waals surface area contributed by atoms with Gasteiger partial charge in [0.25, 0.3) is 0 Å². The summed E-state index contributed by atoms with van der Waals surface area (Å²) < 4.78 is 28.4. The van der Waals surface area contributed by atoms with E-state index in [1.165, 1.54) is 64.2 Å². The largest absolute Gasteiger partial charge is 0.472 e. The fourth-order valence-corrected chi connectivity index (χ4v) is 4.62. The first-order valence-corrected chi connectivity index (χ1v) is 14.4. The lowest BCUT2D eigenvalue weighted by Gasteiger charge is -2.25. The molecule has 0 aromatic rings. The predicted octanol–water partition coefficient (Wildman–Crippen LogP) is 6.63. The van der Waals surface area contributed by atoms with E-state index in [2.05, 4.69) is 13.0 Å². The molecule has 0 aromatic carbocycles. The van der Waals surface area contributed by atoms with Gasteiger partial charge in [0, 0.05) is 0 Å². The molecule has 1 aliphatic carbocycles. The number of phosphoric acid groups is 1. The Morgan fingerprint density at radius 3 is 2.06 bits per heavy atom. The third-order valence-electron chi connectivity index (χ3n) is 6.02. The number of hydrogen-bond acceptors (Lipinski definition) is 4. The van der Waals surface area contributed by atoms with Crippen molar-refractivity contribution in [3.8, 4) is 0 Å². The minimum Gasteiger partial charge on any atom is -0.376 e. The zero-order chi connectivity index (χ0) is 23.7. The fraction of sp³-hybridized carbons (Fsp3) is 0.920. The van der Waals surface area contributed by atoms with Gasteiger partial charge in [-0.1, -0.05) is 69.9 Å². The van der Waals surface area contributed by atoms with Crippen molar-refractivity contribution >= 4 is 7.82 Å². The Hall–Kier alpha value is -0.230. The maximum Gasteiger partial charge on any atom is 0.472 e. The first-order valence-electron chi connectivity index (χ1n) is 12.9. The van der Waals surface area contributed by atoms with Crippen molar-refractivity contribution in [2.75, 3.05) is 47.5 Å². The van der Waals surface area contributed by atoms with Gasteiger partial charge in [0.05, 0.1) is 40.5 Å². The molecule has 0 bridgehead atoms. The quantitative estimate of drug-likeness (QED) is 0.0980. The molecule has 32 heavy (non-hydrogen) atoms. The SMILES string of the molecule is CCCCCCCCCCCC=C1CCC(OCCOP(=O)(O)OCC[N+](C)(C)C)CC1. The van der Waals surface area contributed by atoms with E-state index in [0.717, 1.165) is 25.7 Å². The number of ether oxygens (including phenoxy) is 1. The first-order chi connectivity index (χ1) is 15.2. The zero-order valence-electron chi connectivity index (χ0n) is 21.4.